The van der Waals surface area contributed by atoms with E-state index in [4.69, 9.17) is 4.74 Å². The quantitative estimate of drug-likeness (QED) is 0.465. The first-order valence-corrected chi connectivity index (χ1v) is 3.64. The highest BCUT2D eigenvalue weighted by Crippen LogP contribution is 2.28. The van der Waals surface area contributed by atoms with Crippen LogP contribution in [0, 0.1) is 5.92 Å². The molecule has 0 aromatic heterocycles. The van der Waals surface area contributed by atoms with Gasteiger partial charge in [0.15, 0.2) is 0 Å². The second kappa shape index (κ2) is 1.92. The van der Waals surface area contributed by atoms with Crippen molar-refractivity contribution in [1.29, 1.82) is 0 Å². The summed E-state index contributed by atoms with van der Waals surface area (Å²) in [5.74, 6) is 0.418. The Morgan fingerprint density at radius 1 is 1.60 bits per heavy atom. The van der Waals surface area contributed by atoms with Gasteiger partial charge in [0.25, 0.3) is 0 Å². The third-order valence-electron chi connectivity index (χ3n) is 2.25. The van der Waals surface area contributed by atoms with Gasteiger partial charge in [-0.05, 0) is 0 Å². The third-order valence-corrected chi connectivity index (χ3v) is 2.25. The van der Waals surface area contributed by atoms with Crippen LogP contribution in [0.5, 0.6) is 0 Å². The number of Topliss-reactive ketones (excluding diaryl/α,β-unsaturated/α-hetero) is 1. The number of rotatable bonds is 0. The Hall–Kier alpha value is -0.630. The van der Waals surface area contributed by atoms with Crippen molar-refractivity contribution in [1.82, 2.24) is 0 Å². The van der Waals surface area contributed by atoms with Crippen LogP contribution < -0.4 is 0 Å². The van der Waals surface area contributed by atoms with Crippen molar-refractivity contribution in [3.05, 3.63) is 12.2 Å². The van der Waals surface area contributed by atoms with Crippen molar-refractivity contribution in [2.75, 3.05) is 0 Å². The number of carbonyl (C=O) groups excluding carboxylic acids is 1. The molecular weight excluding hydrogens is 128 g/mol. The standard InChI is InChI=1S/C8H10O2/c1-5-7(9)4-6-2-3-8(5)10-6/h2-3,5-6,8H,4H2,1H3/t5-,6+,8+/m0/s1. The summed E-state index contributed by atoms with van der Waals surface area (Å²) in [7, 11) is 0. The van der Waals surface area contributed by atoms with E-state index in [0.29, 0.717) is 12.2 Å². The molecule has 0 spiro atoms. The molecule has 0 radical (unpaired) electrons. The van der Waals surface area contributed by atoms with E-state index in [2.05, 4.69) is 0 Å². The molecule has 3 atom stereocenters. The number of carbonyl (C=O) groups is 1. The van der Waals surface area contributed by atoms with Crippen LogP contribution in [0.3, 0.4) is 0 Å². The zero-order valence-corrected chi connectivity index (χ0v) is 5.91. The van der Waals surface area contributed by atoms with Gasteiger partial charge in [0.05, 0.1) is 12.2 Å². The van der Waals surface area contributed by atoms with Gasteiger partial charge in [-0.1, -0.05) is 19.1 Å². The van der Waals surface area contributed by atoms with Crippen molar-refractivity contribution in [2.45, 2.75) is 25.6 Å². The first-order chi connectivity index (χ1) is 4.77. The van der Waals surface area contributed by atoms with Crippen LogP contribution in [0.1, 0.15) is 13.3 Å². The first-order valence-electron chi connectivity index (χ1n) is 3.64. The van der Waals surface area contributed by atoms with Crippen LogP contribution in [0.15, 0.2) is 12.2 Å². The Labute approximate surface area is 59.9 Å². The van der Waals surface area contributed by atoms with Crippen molar-refractivity contribution in [2.24, 2.45) is 5.92 Å². The molecule has 0 aromatic carbocycles. The van der Waals surface area contributed by atoms with Gasteiger partial charge in [-0.3, -0.25) is 4.79 Å². The van der Waals surface area contributed by atoms with Gasteiger partial charge in [0.2, 0.25) is 0 Å². The minimum Gasteiger partial charge on any atom is -0.366 e. The first kappa shape index (κ1) is 6.10. The van der Waals surface area contributed by atoms with E-state index >= 15 is 0 Å². The van der Waals surface area contributed by atoms with Crippen LogP contribution in [0.25, 0.3) is 0 Å². The second-order valence-electron chi connectivity index (χ2n) is 2.98. The molecule has 2 bridgehead atoms. The van der Waals surface area contributed by atoms with Gasteiger partial charge >= 0.3 is 0 Å². The van der Waals surface area contributed by atoms with E-state index in [1.54, 1.807) is 0 Å². The number of hydrogen-bond donors (Lipinski definition) is 0. The van der Waals surface area contributed by atoms with Crippen molar-refractivity contribution in [3.8, 4) is 0 Å². The lowest BCUT2D eigenvalue weighted by atomic mass is 9.96. The van der Waals surface area contributed by atoms with E-state index in [1.807, 2.05) is 19.1 Å². The smallest absolute Gasteiger partial charge is 0.141 e. The maximum atomic E-state index is 11.1. The molecular formula is C8H10O2. The molecule has 0 aliphatic carbocycles. The molecule has 0 aromatic rings. The lowest BCUT2D eigenvalue weighted by molar-refractivity contribution is -0.135. The fraction of sp³-hybridized carbons (Fsp3) is 0.625. The Bertz CT molecular complexity index is 195. The predicted octanol–water partition coefficient (Wildman–Crippen LogP) is 0.919. The molecule has 0 N–H and O–H groups in total. The van der Waals surface area contributed by atoms with Gasteiger partial charge in [0, 0.05) is 12.3 Å². The van der Waals surface area contributed by atoms with Gasteiger partial charge in [-0.2, -0.15) is 0 Å². The monoisotopic (exact) mass is 138 g/mol. The topological polar surface area (TPSA) is 26.3 Å². The van der Waals surface area contributed by atoms with Gasteiger partial charge < -0.3 is 4.74 Å². The molecule has 54 valence electrons. The summed E-state index contributed by atoms with van der Waals surface area (Å²) in [5.41, 5.74) is 0. The molecule has 1 saturated heterocycles. The molecule has 10 heavy (non-hydrogen) atoms. The summed E-state index contributed by atoms with van der Waals surface area (Å²) in [6.07, 6.45) is 4.74. The minimum absolute atomic E-state index is 0.0752. The van der Waals surface area contributed by atoms with Crippen LogP contribution in [0.4, 0.5) is 0 Å². The van der Waals surface area contributed by atoms with E-state index in [0.717, 1.165) is 0 Å². The molecule has 0 unspecified atom stereocenters. The molecule has 2 aliphatic rings. The minimum atomic E-state index is 0.0752. The summed E-state index contributed by atoms with van der Waals surface area (Å²) in [6.45, 7) is 1.93. The van der Waals surface area contributed by atoms with E-state index in [1.165, 1.54) is 0 Å². The fourth-order valence-corrected chi connectivity index (χ4v) is 1.49. The molecule has 2 heteroatoms. The molecule has 2 nitrogen and oxygen atoms in total. The van der Waals surface area contributed by atoms with Crippen molar-refractivity contribution < 1.29 is 9.53 Å². The predicted molar refractivity (Wildman–Crippen MR) is 36.6 cm³/mol. The van der Waals surface area contributed by atoms with Crippen LogP contribution in [-0.2, 0) is 9.53 Å². The maximum Gasteiger partial charge on any atom is 0.141 e. The molecule has 0 saturated carbocycles. The summed E-state index contributed by atoms with van der Waals surface area (Å²) in [4.78, 5) is 11.1. The Morgan fingerprint density at radius 2 is 2.40 bits per heavy atom. The summed E-state index contributed by atoms with van der Waals surface area (Å²) in [6, 6.07) is 0. The Morgan fingerprint density at radius 3 is 3.20 bits per heavy atom. The summed E-state index contributed by atoms with van der Waals surface area (Å²) < 4.78 is 5.45. The van der Waals surface area contributed by atoms with E-state index in [-0.39, 0.29) is 18.1 Å². The molecule has 2 heterocycles. The van der Waals surface area contributed by atoms with Gasteiger partial charge in [0.1, 0.15) is 5.78 Å². The highest BCUT2D eigenvalue weighted by atomic mass is 16.5. The number of ether oxygens (including phenoxy) is 1. The van der Waals surface area contributed by atoms with E-state index in [9.17, 15) is 4.79 Å². The second-order valence-corrected chi connectivity index (χ2v) is 2.98. The fourth-order valence-electron chi connectivity index (χ4n) is 1.49. The largest absolute Gasteiger partial charge is 0.366 e. The molecule has 1 fully saturated rings. The lowest BCUT2D eigenvalue weighted by Crippen LogP contribution is -2.34. The zero-order valence-electron chi connectivity index (χ0n) is 5.91. The SMILES string of the molecule is C[C@H]1C(=O)C[C@H]2C=C[C@H]1O2. The summed E-state index contributed by atoms with van der Waals surface area (Å²) in [5, 5.41) is 0. The van der Waals surface area contributed by atoms with Crippen LogP contribution in [-0.4, -0.2) is 18.0 Å². The zero-order chi connectivity index (χ0) is 7.14. The molecule has 2 aliphatic heterocycles. The van der Waals surface area contributed by atoms with Crippen LogP contribution >= 0.6 is 0 Å². The van der Waals surface area contributed by atoms with Gasteiger partial charge in [-0.15, -0.1) is 0 Å². The van der Waals surface area contributed by atoms with Crippen molar-refractivity contribution in [3.63, 3.8) is 0 Å². The van der Waals surface area contributed by atoms with E-state index < -0.39 is 0 Å². The molecule has 0 amide bonds. The third kappa shape index (κ3) is 0.721. The average molecular weight is 138 g/mol. The number of hydrogen-bond acceptors (Lipinski definition) is 2. The Kier molecular flexibility index (Phi) is 1.17. The Balaban J connectivity index is 2.23. The van der Waals surface area contributed by atoms with Crippen LogP contribution in [0.2, 0.25) is 0 Å². The summed E-state index contributed by atoms with van der Waals surface area (Å²) >= 11 is 0. The number of fused-ring (bicyclic) bond motifs is 2. The average Bonchev–Trinajstić information content (AvgIpc) is 2.29. The highest BCUT2D eigenvalue weighted by Gasteiger charge is 2.35. The normalized spacial score (nSPS) is 44.5. The highest BCUT2D eigenvalue weighted by molar-refractivity contribution is 5.83. The van der Waals surface area contributed by atoms with Crippen molar-refractivity contribution >= 4 is 5.78 Å². The number of ketones is 1. The lowest BCUT2D eigenvalue weighted by Gasteiger charge is -2.24. The molecule has 2 rings (SSSR count). The van der Waals surface area contributed by atoms with Gasteiger partial charge in [-0.25, -0.2) is 0 Å². The maximum absolute atomic E-state index is 11.1.